The molecule has 0 spiro atoms. The van der Waals surface area contributed by atoms with Crippen LogP contribution in [0.1, 0.15) is 70.1 Å². The Hall–Kier alpha value is -6.15. The van der Waals surface area contributed by atoms with Crippen LogP contribution < -0.4 is 24.4 Å². The number of aliphatic hydroxyl groups is 1. The second-order valence-electron chi connectivity index (χ2n) is 14.7. The number of Topliss-reactive ketones (excluding diaryl/α,β-unsaturated/α-hetero) is 1. The number of hydrogen-bond acceptors (Lipinski definition) is 9. The minimum atomic E-state index is -0.826. The van der Waals surface area contributed by atoms with Gasteiger partial charge in [-0.3, -0.25) is 4.79 Å². The maximum atomic E-state index is 14.4. The molecule has 4 heterocycles. The summed E-state index contributed by atoms with van der Waals surface area (Å²) < 4.78 is 18.9. The molecule has 10 heteroatoms. The van der Waals surface area contributed by atoms with Crippen LogP contribution in [0.3, 0.4) is 0 Å². The molecular formula is C47H47N3O7. The molecule has 0 amide bonds. The highest BCUT2D eigenvalue weighted by atomic mass is 16.5. The minimum Gasteiger partial charge on any atom is -0.508 e. The van der Waals surface area contributed by atoms with E-state index in [-0.39, 0.29) is 65.6 Å². The van der Waals surface area contributed by atoms with Gasteiger partial charge in [0.1, 0.15) is 29.0 Å². The van der Waals surface area contributed by atoms with Gasteiger partial charge in [-0.1, -0.05) is 97.6 Å². The number of phenolic OH excluding ortho intramolecular Hbond substituents is 2. The smallest absolute Gasteiger partial charge is 0.204 e. The zero-order valence-corrected chi connectivity index (χ0v) is 32.1. The number of methoxy groups -OCH3 is 1. The Bertz CT molecular complexity index is 2340. The molecular weight excluding hydrogens is 719 g/mol. The van der Waals surface area contributed by atoms with E-state index in [4.69, 9.17) is 14.2 Å². The van der Waals surface area contributed by atoms with Crippen LogP contribution >= 0.6 is 0 Å². The van der Waals surface area contributed by atoms with Crippen LogP contribution in [-0.4, -0.2) is 71.6 Å². The normalized spacial score (nSPS) is 19.2. The first-order chi connectivity index (χ1) is 27.8. The maximum Gasteiger partial charge on any atom is 0.204 e. The van der Waals surface area contributed by atoms with Crippen LogP contribution in [0.2, 0.25) is 0 Å². The van der Waals surface area contributed by atoms with Gasteiger partial charge < -0.3 is 44.7 Å². The fraction of sp³-hybridized carbons (Fsp3) is 0.298. The number of aromatic amines is 1. The molecule has 1 aromatic heterocycles. The molecule has 5 aromatic rings. The first-order valence-electron chi connectivity index (χ1n) is 19.6. The van der Waals surface area contributed by atoms with Gasteiger partial charge >= 0.3 is 0 Å². The summed E-state index contributed by atoms with van der Waals surface area (Å²) in [4.78, 5) is 20.4. The maximum absolute atomic E-state index is 14.4. The number of phenols is 2. The van der Waals surface area contributed by atoms with Gasteiger partial charge in [-0.25, -0.2) is 0 Å². The number of aromatic hydroxyl groups is 2. The molecule has 0 radical (unpaired) electrons. The van der Waals surface area contributed by atoms with Crippen molar-refractivity contribution in [2.24, 2.45) is 0 Å². The van der Waals surface area contributed by atoms with Gasteiger partial charge in [0.2, 0.25) is 5.75 Å². The number of rotatable bonds is 10. The number of ketones is 1. The summed E-state index contributed by atoms with van der Waals surface area (Å²) in [6.07, 6.45) is 3.50. The molecule has 1 fully saturated rings. The van der Waals surface area contributed by atoms with Crippen LogP contribution in [0.5, 0.6) is 28.7 Å². The number of carbonyl (C=O) groups excluding carboxylic acids is 1. The van der Waals surface area contributed by atoms with Gasteiger partial charge in [0, 0.05) is 37.3 Å². The number of aliphatic hydroxyl groups excluding tert-OH is 1. The molecule has 0 saturated carbocycles. The number of hydrogen-bond donors (Lipinski definition) is 5. The van der Waals surface area contributed by atoms with Crippen molar-refractivity contribution in [2.75, 3.05) is 38.3 Å². The van der Waals surface area contributed by atoms with Crippen molar-refractivity contribution in [1.82, 2.24) is 10.3 Å². The SMILES string of the molecule is CCc1cc2c([nH]1)N1CCN[C@@H](C#C[C@@H](c3c(O)c(OC)c(OCC[C@@H](O)/C=C/c4ccccc4)c4c3OC(c3ccc(O)cc3)CC4=O)Cc3cccc-2c3)C1. The number of carbonyl (C=O) groups is 1. The Balaban J connectivity index is 1.22. The second kappa shape index (κ2) is 16.5. The van der Waals surface area contributed by atoms with Crippen molar-refractivity contribution >= 4 is 17.7 Å². The van der Waals surface area contributed by atoms with E-state index in [0.29, 0.717) is 24.1 Å². The average molecular weight is 766 g/mol. The molecule has 1 unspecified atom stereocenters. The van der Waals surface area contributed by atoms with Crippen LogP contribution in [0.4, 0.5) is 5.82 Å². The molecule has 4 aromatic carbocycles. The fourth-order valence-corrected chi connectivity index (χ4v) is 7.94. The largest absolute Gasteiger partial charge is 0.508 e. The highest BCUT2D eigenvalue weighted by molar-refractivity contribution is 6.05. The molecule has 5 N–H and O–H groups in total. The minimum absolute atomic E-state index is 0.00536. The number of aromatic nitrogens is 1. The molecule has 57 heavy (non-hydrogen) atoms. The number of benzene rings is 4. The summed E-state index contributed by atoms with van der Waals surface area (Å²) in [7, 11) is 1.43. The summed E-state index contributed by atoms with van der Waals surface area (Å²) in [5, 5.41) is 36.7. The standard InChI is InChI=1S/C47H47N3O7/c1-3-34-26-38-32-11-7-10-30(24-32)25-33(13-16-35-28-50(22-21-48-35)47(38)49-34)41-43(54)46(55-2)45(56-23-20-37(52)17-12-29-8-5-4-6-9-29)42-39(53)27-40(57-44(41)42)31-14-18-36(51)19-15-31/h4-12,14-15,17-19,24,26,33,35,37,40,48-49,51-52,54H,3,20-23,25,27-28H2,1-2H3/b17-12+/t33-,35+,37+,40?/m1/s1. The number of ether oxygens (including phenoxy) is 3. The van der Waals surface area contributed by atoms with E-state index in [9.17, 15) is 20.1 Å². The predicted molar refractivity (Wildman–Crippen MR) is 221 cm³/mol. The third kappa shape index (κ3) is 7.95. The highest BCUT2D eigenvalue weighted by Gasteiger charge is 2.39. The summed E-state index contributed by atoms with van der Waals surface area (Å²) in [5.74, 6) is 7.33. The molecule has 3 aliphatic heterocycles. The zero-order valence-electron chi connectivity index (χ0n) is 32.1. The van der Waals surface area contributed by atoms with E-state index in [0.717, 1.165) is 53.3 Å². The number of nitrogens with zero attached hydrogens (tertiary/aromatic N) is 1. The number of piperazine rings is 1. The first-order valence-corrected chi connectivity index (χ1v) is 19.6. The van der Waals surface area contributed by atoms with Crippen LogP contribution in [-0.2, 0) is 12.8 Å². The van der Waals surface area contributed by atoms with Gasteiger partial charge in [-0.15, -0.1) is 0 Å². The van der Waals surface area contributed by atoms with Gasteiger partial charge in [0.25, 0.3) is 0 Å². The Morgan fingerprint density at radius 3 is 2.61 bits per heavy atom. The number of anilines is 1. The van der Waals surface area contributed by atoms with Crippen LogP contribution in [0.25, 0.3) is 17.2 Å². The summed E-state index contributed by atoms with van der Waals surface area (Å²) in [6, 6.07) is 26.7. The average Bonchev–Trinajstić information content (AvgIpc) is 3.67. The van der Waals surface area contributed by atoms with E-state index in [1.54, 1.807) is 30.3 Å². The first kappa shape index (κ1) is 37.8. The molecule has 3 aliphatic rings. The van der Waals surface area contributed by atoms with Crippen molar-refractivity contribution in [1.29, 1.82) is 0 Å². The lowest BCUT2D eigenvalue weighted by Gasteiger charge is -2.33. The molecule has 0 aliphatic carbocycles. The lowest BCUT2D eigenvalue weighted by molar-refractivity contribution is 0.0836. The van der Waals surface area contributed by atoms with E-state index in [1.807, 2.05) is 42.5 Å². The number of nitrogens with one attached hydrogen (secondary N) is 2. The summed E-state index contributed by atoms with van der Waals surface area (Å²) in [5.41, 5.74) is 6.52. The molecule has 4 atom stereocenters. The summed E-state index contributed by atoms with van der Waals surface area (Å²) in [6.45, 7) is 4.39. The van der Waals surface area contributed by atoms with Crippen LogP contribution in [0.15, 0.2) is 91.0 Å². The van der Waals surface area contributed by atoms with E-state index in [1.165, 1.54) is 7.11 Å². The van der Waals surface area contributed by atoms with Crippen molar-refractivity contribution in [3.05, 3.63) is 125 Å². The van der Waals surface area contributed by atoms with Gasteiger partial charge in [0.05, 0.1) is 43.8 Å². The third-order valence-corrected chi connectivity index (χ3v) is 10.9. The summed E-state index contributed by atoms with van der Waals surface area (Å²) >= 11 is 0. The monoisotopic (exact) mass is 765 g/mol. The topological polar surface area (TPSA) is 137 Å². The highest BCUT2D eigenvalue weighted by Crippen LogP contribution is 2.55. The Labute approximate surface area is 332 Å². The second-order valence-corrected chi connectivity index (χ2v) is 14.7. The Morgan fingerprint density at radius 2 is 1.82 bits per heavy atom. The van der Waals surface area contributed by atoms with Crippen molar-refractivity contribution < 1.29 is 34.3 Å². The molecule has 1 saturated heterocycles. The molecule has 10 nitrogen and oxygen atoms in total. The van der Waals surface area contributed by atoms with Gasteiger partial charge in [0.15, 0.2) is 17.3 Å². The Kier molecular flexibility index (Phi) is 10.9. The fourth-order valence-electron chi connectivity index (χ4n) is 7.94. The quantitative estimate of drug-likeness (QED) is 0.0926. The molecule has 4 bridgehead atoms. The van der Waals surface area contributed by atoms with E-state index in [2.05, 4.69) is 58.2 Å². The van der Waals surface area contributed by atoms with Crippen molar-refractivity contribution in [3.8, 4) is 51.7 Å². The Morgan fingerprint density at radius 1 is 1.00 bits per heavy atom. The predicted octanol–water partition coefficient (Wildman–Crippen LogP) is 7.34. The van der Waals surface area contributed by atoms with Gasteiger partial charge in [-0.2, -0.15) is 0 Å². The zero-order chi connectivity index (χ0) is 39.5. The molecule has 8 rings (SSSR count). The van der Waals surface area contributed by atoms with Crippen LogP contribution in [0, 0.1) is 11.8 Å². The molecule has 292 valence electrons. The number of fused-ring (bicyclic) bond motifs is 8. The van der Waals surface area contributed by atoms with Gasteiger partial charge in [-0.05, 0) is 53.3 Å². The lowest BCUT2D eigenvalue weighted by atomic mass is 9.85. The van der Waals surface area contributed by atoms with Crippen molar-refractivity contribution in [2.45, 2.75) is 56.8 Å². The van der Waals surface area contributed by atoms with E-state index >= 15 is 0 Å². The van der Waals surface area contributed by atoms with Crippen molar-refractivity contribution in [3.63, 3.8) is 0 Å². The third-order valence-electron chi connectivity index (χ3n) is 10.9. The van der Waals surface area contributed by atoms with E-state index < -0.39 is 18.1 Å². The number of aryl methyl sites for hydroxylation is 1. The lowest BCUT2D eigenvalue weighted by Crippen LogP contribution is -2.50. The number of H-pyrrole nitrogens is 1.